The summed E-state index contributed by atoms with van der Waals surface area (Å²) >= 11 is 0. The lowest BCUT2D eigenvalue weighted by molar-refractivity contribution is -0.183. The lowest BCUT2D eigenvalue weighted by Gasteiger charge is -2.32. The molecule has 0 amide bonds. The predicted molar refractivity (Wildman–Crippen MR) is 134 cm³/mol. The quantitative estimate of drug-likeness (QED) is 0.385. The van der Waals surface area contributed by atoms with Gasteiger partial charge in [0.25, 0.3) is 0 Å². The first kappa shape index (κ1) is 29.5. The van der Waals surface area contributed by atoms with Crippen molar-refractivity contribution in [2.24, 2.45) is 22.7 Å². The maximum Gasteiger partial charge on any atom is 0.391 e. The zero-order chi connectivity index (χ0) is 26.2. The summed E-state index contributed by atoms with van der Waals surface area (Å²) in [6.45, 7) is 12.9. The van der Waals surface area contributed by atoms with E-state index < -0.39 is 21.9 Å². The van der Waals surface area contributed by atoms with E-state index in [4.69, 9.17) is 0 Å². The van der Waals surface area contributed by atoms with E-state index >= 15 is 0 Å². The van der Waals surface area contributed by atoms with Crippen LogP contribution in [0, 0.1) is 17.8 Å². The maximum atomic E-state index is 12.9. The van der Waals surface area contributed by atoms with Crippen molar-refractivity contribution in [3.8, 4) is 0 Å². The maximum absolute atomic E-state index is 12.9. The van der Waals surface area contributed by atoms with Crippen LogP contribution in [0.5, 0.6) is 0 Å². The molecule has 1 aromatic rings. The Morgan fingerprint density at radius 3 is 2.37 bits per heavy atom. The first-order valence-corrected chi connectivity index (χ1v) is 13.9. The minimum atomic E-state index is -4.08. The number of aliphatic imine (C=N–C) groups is 1. The van der Waals surface area contributed by atoms with Gasteiger partial charge in [0.15, 0.2) is 9.84 Å². The standard InChI is InChI=1S/C25H39F3N4O2S/c1-6-35(33,34)23-12-11-22(31-16-23)15-29-18(4)13-30-19(5)24(17(2)3)32-14-20-7-9-21(10-8-20)25(26,27)28/h11-13,16-18,20-21,24,29,32H,5-10,14-15H2,1-4H3/t18?,20?,21?,24-/m0/s1. The number of aromatic nitrogens is 1. The Balaban J connectivity index is 1.81. The van der Waals surface area contributed by atoms with E-state index in [1.54, 1.807) is 25.3 Å². The Morgan fingerprint density at radius 1 is 1.20 bits per heavy atom. The van der Waals surface area contributed by atoms with Crippen molar-refractivity contribution >= 4 is 16.1 Å². The SMILES string of the molecule is C=C(N=CC(C)NCc1ccc(S(=O)(=O)CC)cn1)[C@@H](NCC1CCC(C(F)(F)F)CC1)C(C)C. The molecular formula is C25H39F3N4O2S. The van der Waals surface area contributed by atoms with Crippen LogP contribution in [0.4, 0.5) is 13.2 Å². The molecule has 0 aliphatic heterocycles. The predicted octanol–water partition coefficient (Wildman–Crippen LogP) is 4.92. The van der Waals surface area contributed by atoms with Crippen LogP contribution in [-0.4, -0.2) is 50.2 Å². The molecule has 1 aliphatic carbocycles. The molecule has 35 heavy (non-hydrogen) atoms. The van der Waals surface area contributed by atoms with Crippen LogP contribution in [0.15, 0.2) is 40.5 Å². The van der Waals surface area contributed by atoms with Gasteiger partial charge < -0.3 is 10.6 Å². The van der Waals surface area contributed by atoms with Gasteiger partial charge in [0.2, 0.25) is 0 Å². The minimum Gasteiger partial charge on any atom is -0.308 e. The summed E-state index contributed by atoms with van der Waals surface area (Å²) in [7, 11) is -3.27. The Morgan fingerprint density at radius 2 is 1.86 bits per heavy atom. The molecule has 10 heteroatoms. The van der Waals surface area contributed by atoms with E-state index in [1.807, 2.05) is 6.92 Å². The second-order valence-electron chi connectivity index (χ2n) is 9.72. The van der Waals surface area contributed by atoms with Crippen molar-refractivity contribution in [2.45, 2.75) is 83.1 Å². The van der Waals surface area contributed by atoms with Crippen LogP contribution in [0.25, 0.3) is 0 Å². The highest BCUT2D eigenvalue weighted by Crippen LogP contribution is 2.39. The van der Waals surface area contributed by atoms with Crippen molar-refractivity contribution in [2.75, 3.05) is 12.3 Å². The van der Waals surface area contributed by atoms with Crippen molar-refractivity contribution in [3.63, 3.8) is 0 Å². The third-order valence-corrected chi connectivity index (χ3v) is 8.29. The monoisotopic (exact) mass is 516 g/mol. The lowest BCUT2D eigenvalue weighted by atomic mass is 9.81. The average molecular weight is 517 g/mol. The first-order valence-electron chi connectivity index (χ1n) is 12.3. The van der Waals surface area contributed by atoms with E-state index in [2.05, 4.69) is 41.0 Å². The van der Waals surface area contributed by atoms with Crippen LogP contribution >= 0.6 is 0 Å². The van der Waals surface area contributed by atoms with E-state index in [-0.39, 0.29) is 47.4 Å². The van der Waals surface area contributed by atoms with Crippen LogP contribution in [-0.2, 0) is 16.4 Å². The highest BCUT2D eigenvalue weighted by Gasteiger charge is 2.41. The van der Waals surface area contributed by atoms with Gasteiger partial charge in [-0.3, -0.25) is 9.98 Å². The summed E-state index contributed by atoms with van der Waals surface area (Å²) in [6.07, 6.45) is 0.639. The molecule has 0 aromatic carbocycles. The first-order chi connectivity index (χ1) is 16.3. The summed E-state index contributed by atoms with van der Waals surface area (Å²) in [4.78, 5) is 8.97. The van der Waals surface area contributed by atoms with Gasteiger partial charge >= 0.3 is 6.18 Å². The molecule has 1 fully saturated rings. The fourth-order valence-electron chi connectivity index (χ4n) is 4.20. The summed E-state index contributed by atoms with van der Waals surface area (Å²) in [5, 5.41) is 6.75. The van der Waals surface area contributed by atoms with Gasteiger partial charge in [-0.2, -0.15) is 13.2 Å². The molecule has 0 radical (unpaired) electrons. The van der Waals surface area contributed by atoms with Gasteiger partial charge in [0.05, 0.1) is 34.0 Å². The molecule has 0 saturated heterocycles. The molecule has 6 nitrogen and oxygen atoms in total. The number of nitrogens with zero attached hydrogens (tertiary/aromatic N) is 2. The number of rotatable bonds is 12. The summed E-state index contributed by atoms with van der Waals surface area (Å²) in [5.74, 6) is -0.657. The third kappa shape index (κ3) is 9.31. The summed E-state index contributed by atoms with van der Waals surface area (Å²) < 4.78 is 62.5. The number of sulfone groups is 1. The number of pyridine rings is 1. The Labute approximate surface area is 207 Å². The Bertz CT molecular complexity index is 938. The van der Waals surface area contributed by atoms with E-state index in [9.17, 15) is 21.6 Å². The third-order valence-electron chi connectivity index (χ3n) is 6.57. The molecule has 0 bridgehead atoms. The molecule has 2 atom stereocenters. The summed E-state index contributed by atoms with van der Waals surface area (Å²) in [6, 6.07) is 3.13. The number of hydrogen-bond donors (Lipinski definition) is 2. The number of alkyl halides is 3. The van der Waals surface area contributed by atoms with Crippen LogP contribution in [0.1, 0.15) is 59.1 Å². The smallest absolute Gasteiger partial charge is 0.308 e. The molecule has 198 valence electrons. The van der Waals surface area contributed by atoms with Gasteiger partial charge in [-0.05, 0) is 63.1 Å². The molecular weight excluding hydrogens is 477 g/mol. The van der Waals surface area contributed by atoms with Gasteiger partial charge in [0, 0.05) is 25.0 Å². The molecule has 1 unspecified atom stereocenters. The van der Waals surface area contributed by atoms with E-state index in [0.717, 1.165) is 5.69 Å². The highest BCUT2D eigenvalue weighted by molar-refractivity contribution is 7.91. The number of nitrogens with one attached hydrogen (secondary N) is 2. The second kappa shape index (κ2) is 13.0. The van der Waals surface area contributed by atoms with Crippen LogP contribution in [0.2, 0.25) is 0 Å². The van der Waals surface area contributed by atoms with Crippen LogP contribution < -0.4 is 10.6 Å². The molecule has 1 aromatic heterocycles. The van der Waals surface area contributed by atoms with E-state index in [0.29, 0.717) is 31.6 Å². The molecule has 1 saturated carbocycles. The van der Waals surface area contributed by atoms with Crippen molar-refractivity contribution in [3.05, 3.63) is 36.3 Å². The highest BCUT2D eigenvalue weighted by atomic mass is 32.2. The zero-order valence-electron chi connectivity index (χ0n) is 21.1. The Kier molecular flexibility index (Phi) is 10.9. The van der Waals surface area contributed by atoms with Crippen molar-refractivity contribution in [1.29, 1.82) is 0 Å². The lowest BCUT2D eigenvalue weighted by Crippen LogP contribution is -2.40. The Hall–Kier alpha value is -1.78. The minimum absolute atomic E-state index is 0.0368. The molecule has 2 N–H and O–H groups in total. The largest absolute Gasteiger partial charge is 0.391 e. The van der Waals surface area contributed by atoms with Crippen LogP contribution in [0.3, 0.4) is 0 Å². The van der Waals surface area contributed by atoms with Gasteiger partial charge in [0.1, 0.15) is 0 Å². The fourth-order valence-corrected chi connectivity index (χ4v) is 5.02. The molecule has 1 heterocycles. The average Bonchev–Trinajstić information content (AvgIpc) is 2.81. The van der Waals surface area contributed by atoms with Crippen molar-refractivity contribution in [1.82, 2.24) is 15.6 Å². The number of halogens is 3. The fraction of sp³-hybridized carbons (Fsp3) is 0.680. The second-order valence-corrected chi connectivity index (χ2v) is 12.0. The summed E-state index contributed by atoms with van der Waals surface area (Å²) in [5.41, 5.74) is 1.41. The van der Waals surface area contributed by atoms with Gasteiger partial charge in [-0.1, -0.05) is 27.4 Å². The number of hydrogen-bond acceptors (Lipinski definition) is 6. The molecule has 1 aliphatic rings. The zero-order valence-corrected chi connectivity index (χ0v) is 21.9. The molecule has 2 rings (SSSR count). The topological polar surface area (TPSA) is 83.5 Å². The van der Waals surface area contributed by atoms with Gasteiger partial charge in [-0.25, -0.2) is 8.42 Å². The van der Waals surface area contributed by atoms with Crippen molar-refractivity contribution < 1.29 is 21.6 Å². The van der Waals surface area contributed by atoms with Gasteiger partial charge in [-0.15, -0.1) is 0 Å². The normalized spacial score (nSPS) is 21.4. The van der Waals surface area contributed by atoms with E-state index in [1.165, 1.54) is 6.20 Å². The molecule has 0 spiro atoms.